The van der Waals surface area contributed by atoms with E-state index < -0.39 is 0 Å². The maximum Gasteiger partial charge on any atom is 0.234 e. The highest BCUT2D eigenvalue weighted by molar-refractivity contribution is 5.78. The van der Waals surface area contributed by atoms with Gasteiger partial charge in [0.1, 0.15) is 0 Å². The van der Waals surface area contributed by atoms with Crippen LogP contribution in [-0.2, 0) is 11.3 Å². The van der Waals surface area contributed by atoms with Gasteiger partial charge in [0.15, 0.2) is 0 Å². The van der Waals surface area contributed by atoms with E-state index in [1.54, 1.807) is 0 Å². The summed E-state index contributed by atoms with van der Waals surface area (Å²) in [6, 6.07) is 12.0. The normalized spacial score (nSPS) is 11.9. The van der Waals surface area contributed by atoms with E-state index in [4.69, 9.17) is 5.26 Å². The molecule has 1 rings (SSSR count). The molecule has 0 saturated heterocycles. The van der Waals surface area contributed by atoms with Gasteiger partial charge in [-0.15, -0.1) is 0 Å². The molecule has 0 aliphatic heterocycles. The Morgan fingerprint density at radius 3 is 2.72 bits per heavy atom. The van der Waals surface area contributed by atoms with E-state index >= 15 is 0 Å². The van der Waals surface area contributed by atoms with Crippen molar-refractivity contribution in [3.05, 3.63) is 35.9 Å². The van der Waals surface area contributed by atoms with Gasteiger partial charge in [0.2, 0.25) is 5.91 Å². The Bertz CT molecular complexity index is 411. The first-order valence-corrected chi connectivity index (χ1v) is 6.01. The molecule has 1 aromatic carbocycles. The predicted molar refractivity (Wildman–Crippen MR) is 70.6 cm³/mol. The second-order valence-electron chi connectivity index (χ2n) is 4.39. The lowest BCUT2D eigenvalue weighted by Gasteiger charge is -2.21. The monoisotopic (exact) mass is 245 g/mol. The molecule has 1 N–H and O–H groups in total. The average molecular weight is 245 g/mol. The summed E-state index contributed by atoms with van der Waals surface area (Å²) in [7, 11) is 1.85. The Morgan fingerprint density at radius 1 is 1.44 bits per heavy atom. The van der Waals surface area contributed by atoms with Crippen molar-refractivity contribution in [2.45, 2.75) is 25.9 Å². The molecular weight excluding hydrogens is 226 g/mol. The quantitative estimate of drug-likeness (QED) is 0.827. The Kier molecular flexibility index (Phi) is 5.89. The molecule has 0 heterocycles. The molecule has 96 valence electrons. The van der Waals surface area contributed by atoms with Crippen LogP contribution in [0.4, 0.5) is 0 Å². The minimum atomic E-state index is -0.0221. The average Bonchev–Trinajstić information content (AvgIpc) is 2.38. The van der Waals surface area contributed by atoms with Crippen molar-refractivity contribution in [3.8, 4) is 6.07 Å². The zero-order chi connectivity index (χ0) is 13.4. The number of rotatable bonds is 6. The Hall–Kier alpha value is -1.86. The first-order chi connectivity index (χ1) is 8.63. The summed E-state index contributed by atoms with van der Waals surface area (Å²) in [5.41, 5.74) is 1.08. The van der Waals surface area contributed by atoms with Crippen molar-refractivity contribution in [1.29, 1.82) is 5.26 Å². The Labute approximate surface area is 108 Å². The fourth-order valence-corrected chi connectivity index (χ4v) is 1.52. The maximum atomic E-state index is 11.7. The molecule has 18 heavy (non-hydrogen) atoms. The molecule has 1 unspecified atom stereocenters. The molecule has 0 fully saturated rings. The summed E-state index contributed by atoms with van der Waals surface area (Å²) in [6.45, 7) is 2.80. The zero-order valence-electron chi connectivity index (χ0n) is 10.9. The molecule has 0 aliphatic rings. The molecule has 0 aromatic heterocycles. The predicted octanol–water partition coefficient (Wildman–Crippen LogP) is 1.54. The molecule has 1 aromatic rings. The minimum Gasteiger partial charge on any atom is -0.351 e. The van der Waals surface area contributed by atoms with Crippen molar-refractivity contribution in [3.63, 3.8) is 0 Å². The number of carbonyl (C=O) groups excluding carboxylic acids is 1. The van der Waals surface area contributed by atoms with E-state index in [1.807, 2.05) is 49.2 Å². The van der Waals surface area contributed by atoms with Crippen molar-refractivity contribution in [2.75, 3.05) is 13.6 Å². The molecule has 0 radical (unpaired) electrons. The number of nitrogens with zero attached hydrogens (tertiary/aromatic N) is 2. The van der Waals surface area contributed by atoms with E-state index in [0.717, 1.165) is 5.56 Å². The number of carbonyl (C=O) groups is 1. The molecule has 0 spiro atoms. The summed E-state index contributed by atoms with van der Waals surface area (Å²) in [5.74, 6) is -0.0221. The lowest BCUT2D eigenvalue weighted by atomic mass is 10.2. The molecule has 1 amide bonds. The third-order valence-electron chi connectivity index (χ3n) is 2.86. The van der Waals surface area contributed by atoms with Gasteiger partial charge < -0.3 is 5.32 Å². The van der Waals surface area contributed by atoms with Crippen LogP contribution in [0.5, 0.6) is 0 Å². The lowest BCUT2D eigenvalue weighted by Crippen LogP contribution is -2.39. The summed E-state index contributed by atoms with van der Waals surface area (Å²) in [5, 5.41) is 11.5. The van der Waals surface area contributed by atoms with E-state index in [1.165, 1.54) is 0 Å². The summed E-state index contributed by atoms with van der Waals surface area (Å²) >= 11 is 0. The fourth-order valence-electron chi connectivity index (χ4n) is 1.52. The van der Waals surface area contributed by atoms with Gasteiger partial charge in [0, 0.05) is 12.6 Å². The van der Waals surface area contributed by atoms with Gasteiger partial charge >= 0.3 is 0 Å². The standard InChI is InChI=1S/C14H19N3O/c1-12(8-9-15)17(2)11-14(18)16-10-13-6-4-3-5-7-13/h3-7,12H,8,10-11H2,1-2H3,(H,16,18). The van der Waals surface area contributed by atoms with Crippen molar-refractivity contribution >= 4 is 5.91 Å². The fraction of sp³-hybridized carbons (Fsp3) is 0.429. The molecule has 4 heteroatoms. The number of hydrogen-bond acceptors (Lipinski definition) is 3. The van der Waals surface area contributed by atoms with Crippen LogP contribution in [0.2, 0.25) is 0 Å². The van der Waals surface area contributed by atoms with Crippen LogP contribution in [0.25, 0.3) is 0 Å². The highest BCUT2D eigenvalue weighted by Crippen LogP contribution is 2.00. The molecule has 0 aliphatic carbocycles. The lowest BCUT2D eigenvalue weighted by molar-refractivity contribution is -0.122. The molecule has 0 saturated carbocycles. The zero-order valence-corrected chi connectivity index (χ0v) is 10.9. The molecule has 4 nitrogen and oxygen atoms in total. The van der Waals surface area contributed by atoms with Crippen LogP contribution in [0.15, 0.2) is 30.3 Å². The smallest absolute Gasteiger partial charge is 0.234 e. The van der Waals surface area contributed by atoms with E-state index in [2.05, 4.69) is 11.4 Å². The SMILES string of the molecule is CC(CC#N)N(C)CC(=O)NCc1ccccc1. The van der Waals surface area contributed by atoms with Gasteiger partial charge in [-0.1, -0.05) is 30.3 Å². The molecule has 0 bridgehead atoms. The van der Waals surface area contributed by atoms with Crippen LogP contribution in [-0.4, -0.2) is 30.4 Å². The Morgan fingerprint density at radius 2 is 2.11 bits per heavy atom. The van der Waals surface area contributed by atoms with E-state index in [0.29, 0.717) is 19.5 Å². The first kappa shape index (κ1) is 14.2. The van der Waals surface area contributed by atoms with Gasteiger partial charge in [-0.3, -0.25) is 9.69 Å². The van der Waals surface area contributed by atoms with Crippen LogP contribution in [0, 0.1) is 11.3 Å². The van der Waals surface area contributed by atoms with Crippen molar-refractivity contribution in [2.24, 2.45) is 0 Å². The van der Waals surface area contributed by atoms with Crippen LogP contribution in [0.3, 0.4) is 0 Å². The second kappa shape index (κ2) is 7.46. The Balaban J connectivity index is 2.32. The topological polar surface area (TPSA) is 56.1 Å². The molecule has 1 atom stereocenters. The van der Waals surface area contributed by atoms with Crippen molar-refractivity contribution in [1.82, 2.24) is 10.2 Å². The number of benzene rings is 1. The highest BCUT2D eigenvalue weighted by Gasteiger charge is 2.12. The van der Waals surface area contributed by atoms with Gasteiger partial charge in [0.05, 0.1) is 19.0 Å². The van der Waals surface area contributed by atoms with E-state index in [9.17, 15) is 4.79 Å². The second-order valence-corrected chi connectivity index (χ2v) is 4.39. The van der Waals surface area contributed by atoms with Crippen LogP contribution >= 0.6 is 0 Å². The largest absolute Gasteiger partial charge is 0.351 e. The van der Waals surface area contributed by atoms with Gasteiger partial charge in [0.25, 0.3) is 0 Å². The minimum absolute atomic E-state index is 0.0221. The van der Waals surface area contributed by atoms with Gasteiger partial charge in [-0.25, -0.2) is 0 Å². The number of nitrogens with one attached hydrogen (secondary N) is 1. The number of hydrogen-bond donors (Lipinski definition) is 1. The highest BCUT2D eigenvalue weighted by atomic mass is 16.2. The van der Waals surface area contributed by atoms with Gasteiger partial charge in [-0.05, 0) is 19.5 Å². The number of nitriles is 1. The van der Waals surface area contributed by atoms with Crippen LogP contribution < -0.4 is 5.32 Å². The van der Waals surface area contributed by atoms with Gasteiger partial charge in [-0.2, -0.15) is 5.26 Å². The first-order valence-electron chi connectivity index (χ1n) is 6.01. The maximum absolute atomic E-state index is 11.7. The summed E-state index contributed by atoms with van der Waals surface area (Å²) in [4.78, 5) is 13.6. The third-order valence-corrected chi connectivity index (χ3v) is 2.86. The number of amides is 1. The summed E-state index contributed by atoms with van der Waals surface area (Å²) in [6.07, 6.45) is 0.433. The van der Waals surface area contributed by atoms with E-state index in [-0.39, 0.29) is 11.9 Å². The third kappa shape index (κ3) is 4.98. The summed E-state index contributed by atoms with van der Waals surface area (Å²) < 4.78 is 0. The van der Waals surface area contributed by atoms with Crippen LogP contribution in [0.1, 0.15) is 18.9 Å². The van der Waals surface area contributed by atoms with Crippen molar-refractivity contribution < 1.29 is 4.79 Å². The number of likely N-dealkylation sites (N-methyl/N-ethyl adjacent to an activating group) is 1. The molecular formula is C14H19N3O.